The van der Waals surface area contributed by atoms with Crippen LogP contribution in [0, 0.1) is 12.3 Å². The van der Waals surface area contributed by atoms with Crippen LogP contribution in [-0.4, -0.2) is 25.9 Å². The Labute approximate surface area is 138 Å². The number of fused-ring (bicyclic) bond motifs is 2. The zero-order valence-corrected chi connectivity index (χ0v) is 14.0. The molecule has 0 unspecified atom stereocenters. The monoisotopic (exact) mass is 325 g/mol. The Morgan fingerprint density at radius 3 is 2.71 bits per heavy atom. The first-order valence-electron chi connectivity index (χ1n) is 7.68. The van der Waals surface area contributed by atoms with Crippen molar-refractivity contribution in [2.75, 3.05) is 0 Å². The molecule has 124 valence electrons. The van der Waals surface area contributed by atoms with Crippen molar-refractivity contribution in [3.8, 4) is 0 Å². The largest absolute Gasteiger partial charge is 0.350 e. The number of hydrogen-bond acceptors (Lipinski definition) is 4. The highest BCUT2D eigenvalue weighted by molar-refractivity contribution is 5.96. The summed E-state index contributed by atoms with van der Waals surface area (Å²) in [5, 5.41) is 11.3. The van der Waals surface area contributed by atoms with Crippen molar-refractivity contribution in [1.82, 2.24) is 19.3 Å². The van der Waals surface area contributed by atoms with Crippen molar-refractivity contribution in [3.05, 3.63) is 51.4 Å². The minimum absolute atomic E-state index is 0.0190. The summed E-state index contributed by atoms with van der Waals surface area (Å²) >= 11 is 0. The molecule has 1 amide bonds. The third-order valence-corrected chi connectivity index (χ3v) is 3.93. The third-order valence-electron chi connectivity index (χ3n) is 3.93. The van der Waals surface area contributed by atoms with Crippen LogP contribution in [0.15, 0.2) is 29.2 Å². The molecule has 0 bridgehead atoms. The Kier molecular flexibility index (Phi) is 3.71. The molecule has 0 atom stereocenters. The summed E-state index contributed by atoms with van der Waals surface area (Å²) < 4.78 is 2.93. The highest BCUT2D eigenvalue weighted by Gasteiger charge is 2.16. The molecule has 3 aromatic heterocycles. The van der Waals surface area contributed by atoms with Gasteiger partial charge in [0.1, 0.15) is 16.8 Å². The molecule has 0 saturated heterocycles. The van der Waals surface area contributed by atoms with Crippen LogP contribution in [0.5, 0.6) is 0 Å². The molecule has 24 heavy (non-hydrogen) atoms. The van der Waals surface area contributed by atoms with Gasteiger partial charge in [-0.15, -0.1) is 0 Å². The molecule has 0 fully saturated rings. The summed E-state index contributed by atoms with van der Waals surface area (Å²) in [6, 6.07) is 5.05. The van der Waals surface area contributed by atoms with Gasteiger partial charge in [-0.05, 0) is 38.5 Å². The van der Waals surface area contributed by atoms with E-state index >= 15 is 0 Å². The predicted octanol–water partition coefficient (Wildman–Crippen LogP) is 1.11. The normalized spacial score (nSPS) is 11.4. The fourth-order valence-electron chi connectivity index (χ4n) is 2.69. The number of aryl methyl sites for hydroxylation is 2. The molecule has 2 N–H and O–H groups in total. The second kappa shape index (κ2) is 5.59. The lowest BCUT2D eigenvalue weighted by Crippen LogP contribution is -2.36. The van der Waals surface area contributed by atoms with Gasteiger partial charge in [-0.25, -0.2) is 4.98 Å². The fourth-order valence-corrected chi connectivity index (χ4v) is 2.69. The number of hydrogen-bond donors (Lipinski definition) is 2. The average Bonchev–Trinajstić information content (AvgIpc) is 2.51. The maximum absolute atomic E-state index is 12.8. The topological polar surface area (TPSA) is 92.3 Å². The van der Waals surface area contributed by atoms with Crippen LogP contribution in [-0.2, 0) is 7.05 Å². The first-order chi connectivity index (χ1) is 11.3. The van der Waals surface area contributed by atoms with E-state index in [1.54, 1.807) is 19.3 Å². The van der Waals surface area contributed by atoms with Crippen LogP contribution >= 0.6 is 0 Å². The Morgan fingerprint density at radius 2 is 2.04 bits per heavy atom. The zero-order chi connectivity index (χ0) is 17.6. The number of aromatic nitrogens is 3. The van der Waals surface area contributed by atoms with Crippen LogP contribution in [0.2, 0.25) is 0 Å². The lowest BCUT2D eigenvalue weighted by atomic mass is 10.2. The first kappa shape index (κ1) is 15.9. The van der Waals surface area contributed by atoms with Gasteiger partial charge in [0.05, 0.1) is 10.9 Å². The fraction of sp³-hybridized carbons (Fsp3) is 0.294. The van der Waals surface area contributed by atoms with Gasteiger partial charge in [-0.1, -0.05) is 6.07 Å². The number of nitrogens with zero attached hydrogens (tertiary/aromatic N) is 3. The number of rotatable bonds is 2. The summed E-state index contributed by atoms with van der Waals surface area (Å²) in [6.45, 7) is 5.56. The average molecular weight is 325 g/mol. The van der Waals surface area contributed by atoms with Crippen LogP contribution in [0.1, 0.15) is 29.8 Å². The summed E-state index contributed by atoms with van der Waals surface area (Å²) in [7, 11) is 1.64. The van der Waals surface area contributed by atoms with E-state index in [-0.39, 0.29) is 28.6 Å². The maximum atomic E-state index is 12.8. The molecule has 3 aromatic rings. The van der Waals surface area contributed by atoms with E-state index in [9.17, 15) is 9.59 Å². The summed E-state index contributed by atoms with van der Waals surface area (Å²) in [5.41, 5.74) is 1.72. The minimum Gasteiger partial charge on any atom is -0.350 e. The number of carbonyl (C=O) groups is 1. The maximum Gasteiger partial charge on any atom is 0.267 e. The standard InChI is InChI=1S/C17H19N5O2/c1-9(2)19-16(23)11-8-12-15(21(4)13(11)18)20-14-10(3)6-5-7-22(14)17(12)24/h5-9,18H,1-4H3,(H,19,23). The predicted molar refractivity (Wildman–Crippen MR) is 91.1 cm³/mol. The number of nitrogens with one attached hydrogen (secondary N) is 2. The van der Waals surface area contributed by atoms with Crippen molar-refractivity contribution in [2.45, 2.75) is 26.8 Å². The molecule has 0 aliphatic carbocycles. The third kappa shape index (κ3) is 2.38. The van der Waals surface area contributed by atoms with Gasteiger partial charge in [0.2, 0.25) is 0 Å². The SMILES string of the molecule is Cc1cccn2c(=O)c3cc(C(=O)NC(C)C)c(=N)n(C)c3nc12. The van der Waals surface area contributed by atoms with E-state index in [0.29, 0.717) is 16.7 Å². The van der Waals surface area contributed by atoms with Gasteiger partial charge >= 0.3 is 0 Å². The van der Waals surface area contributed by atoms with Crippen LogP contribution in [0.25, 0.3) is 16.7 Å². The van der Waals surface area contributed by atoms with Gasteiger partial charge in [0.15, 0.2) is 0 Å². The second-order valence-electron chi connectivity index (χ2n) is 6.13. The smallest absolute Gasteiger partial charge is 0.267 e. The van der Waals surface area contributed by atoms with Crippen LogP contribution in [0.3, 0.4) is 0 Å². The number of pyridine rings is 2. The summed E-state index contributed by atoms with van der Waals surface area (Å²) in [4.78, 5) is 29.7. The Bertz CT molecular complexity index is 1090. The lowest BCUT2D eigenvalue weighted by Gasteiger charge is -2.13. The van der Waals surface area contributed by atoms with Gasteiger partial charge in [0, 0.05) is 19.3 Å². The van der Waals surface area contributed by atoms with Crippen molar-refractivity contribution >= 4 is 22.6 Å². The molecule has 0 aliphatic rings. The van der Waals surface area contributed by atoms with Crippen molar-refractivity contribution in [1.29, 1.82) is 5.41 Å². The molecule has 0 aromatic carbocycles. The molecule has 3 rings (SSSR count). The van der Waals surface area contributed by atoms with E-state index < -0.39 is 0 Å². The van der Waals surface area contributed by atoms with E-state index in [4.69, 9.17) is 5.41 Å². The quantitative estimate of drug-likeness (QED) is 0.691. The molecule has 0 spiro atoms. The Hall–Kier alpha value is -2.96. The van der Waals surface area contributed by atoms with Gasteiger partial charge in [0.25, 0.3) is 11.5 Å². The number of carbonyl (C=O) groups excluding carboxylic acids is 1. The van der Waals surface area contributed by atoms with Crippen LogP contribution < -0.4 is 16.4 Å². The summed E-state index contributed by atoms with van der Waals surface area (Å²) in [5.74, 6) is -0.374. The van der Waals surface area contributed by atoms with E-state index in [1.165, 1.54) is 15.0 Å². The molecule has 0 aliphatic heterocycles. The van der Waals surface area contributed by atoms with E-state index in [2.05, 4.69) is 10.3 Å². The minimum atomic E-state index is -0.374. The molecular weight excluding hydrogens is 306 g/mol. The Balaban J connectivity index is 2.42. The number of amides is 1. The van der Waals surface area contributed by atoms with Crippen molar-refractivity contribution in [3.63, 3.8) is 0 Å². The van der Waals surface area contributed by atoms with Crippen molar-refractivity contribution in [2.24, 2.45) is 7.05 Å². The highest BCUT2D eigenvalue weighted by atomic mass is 16.1. The molecule has 7 heteroatoms. The van der Waals surface area contributed by atoms with Gasteiger partial charge < -0.3 is 9.88 Å². The first-order valence-corrected chi connectivity index (χ1v) is 7.68. The van der Waals surface area contributed by atoms with Gasteiger partial charge in [-0.3, -0.25) is 19.4 Å². The summed E-state index contributed by atoms with van der Waals surface area (Å²) in [6.07, 6.45) is 1.65. The molecule has 7 nitrogen and oxygen atoms in total. The highest BCUT2D eigenvalue weighted by Crippen LogP contribution is 2.11. The molecular formula is C17H19N5O2. The van der Waals surface area contributed by atoms with E-state index in [1.807, 2.05) is 26.8 Å². The molecule has 0 saturated carbocycles. The lowest BCUT2D eigenvalue weighted by molar-refractivity contribution is 0.0941. The molecule has 0 radical (unpaired) electrons. The second-order valence-corrected chi connectivity index (χ2v) is 6.13. The van der Waals surface area contributed by atoms with Crippen molar-refractivity contribution < 1.29 is 4.79 Å². The van der Waals surface area contributed by atoms with Crippen LogP contribution in [0.4, 0.5) is 0 Å². The Morgan fingerprint density at radius 1 is 1.33 bits per heavy atom. The zero-order valence-electron chi connectivity index (χ0n) is 14.0. The van der Waals surface area contributed by atoms with E-state index in [0.717, 1.165) is 5.56 Å². The molecule has 3 heterocycles. The van der Waals surface area contributed by atoms with Gasteiger partial charge in [-0.2, -0.15) is 0 Å².